The molecular weight excluding hydrogens is 462 g/mol. The van der Waals surface area contributed by atoms with E-state index in [1.165, 1.54) is 11.8 Å². The minimum Gasteiger partial charge on any atom is -0.484 e. The molecule has 0 saturated carbocycles. The molecule has 4 rings (SSSR count). The monoisotopic (exact) mass is 489 g/mol. The topological polar surface area (TPSA) is 97.5 Å². The summed E-state index contributed by atoms with van der Waals surface area (Å²) in [6.45, 7) is 3.31. The van der Waals surface area contributed by atoms with Gasteiger partial charge in [0.05, 0.1) is 6.42 Å². The van der Waals surface area contributed by atoms with Crippen molar-refractivity contribution in [2.45, 2.75) is 37.5 Å². The molecule has 4 aromatic rings. The van der Waals surface area contributed by atoms with Gasteiger partial charge in [-0.25, -0.2) is 0 Å². The van der Waals surface area contributed by atoms with Crippen LogP contribution in [0.1, 0.15) is 29.0 Å². The molecule has 2 N–H and O–H groups in total. The highest BCUT2D eigenvalue weighted by atomic mass is 32.2. The average molecular weight is 490 g/mol. The first-order chi connectivity index (χ1) is 17.1. The van der Waals surface area contributed by atoms with E-state index in [2.05, 4.69) is 39.8 Å². The SMILES string of the molecule is Cc1c(OCc2nnc(SCc3cccc(CNCCC(=O)O)c3)o2)cccc1-c1ccccc1. The number of benzene rings is 3. The molecule has 8 heteroatoms. The van der Waals surface area contributed by atoms with Gasteiger partial charge in [-0.15, -0.1) is 10.2 Å². The largest absolute Gasteiger partial charge is 0.484 e. The molecule has 0 unspecified atom stereocenters. The number of rotatable bonds is 12. The summed E-state index contributed by atoms with van der Waals surface area (Å²) in [5, 5.41) is 20.6. The fourth-order valence-corrected chi connectivity index (χ4v) is 4.32. The van der Waals surface area contributed by atoms with Gasteiger partial charge in [-0.3, -0.25) is 4.79 Å². The molecule has 0 aliphatic carbocycles. The highest BCUT2D eigenvalue weighted by molar-refractivity contribution is 7.98. The highest BCUT2D eigenvalue weighted by Crippen LogP contribution is 2.30. The summed E-state index contributed by atoms with van der Waals surface area (Å²) in [6, 6.07) is 24.3. The molecule has 0 radical (unpaired) electrons. The Morgan fingerprint density at radius 3 is 2.66 bits per heavy atom. The lowest BCUT2D eigenvalue weighted by molar-refractivity contribution is -0.136. The Kier molecular flexibility index (Phi) is 8.53. The molecule has 0 aliphatic heterocycles. The normalized spacial score (nSPS) is 10.9. The van der Waals surface area contributed by atoms with Gasteiger partial charge in [0.1, 0.15) is 5.75 Å². The first-order valence-electron chi connectivity index (χ1n) is 11.3. The van der Waals surface area contributed by atoms with Gasteiger partial charge in [-0.2, -0.15) is 0 Å². The van der Waals surface area contributed by atoms with Crippen LogP contribution < -0.4 is 10.1 Å². The van der Waals surface area contributed by atoms with Gasteiger partial charge in [-0.05, 0) is 40.8 Å². The number of nitrogens with zero attached hydrogens (tertiary/aromatic N) is 2. The van der Waals surface area contributed by atoms with Gasteiger partial charge in [0, 0.05) is 18.8 Å². The van der Waals surface area contributed by atoms with Crippen LogP contribution in [0.25, 0.3) is 11.1 Å². The average Bonchev–Trinajstić information content (AvgIpc) is 3.33. The van der Waals surface area contributed by atoms with E-state index in [-0.39, 0.29) is 13.0 Å². The minimum absolute atomic E-state index is 0.108. The molecule has 0 spiro atoms. The van der Waals surface area contributed by atoms with E-state index in [9.17, 15) is 4.79 Å². The Bertz CT molecular complexity index is 1260. The smallest absolute Gasteiger partial charge is 0.304 e. The maximum Gasteiger partial charge on any atom is 0.304 e. The van der Waals surface area contributed by atoms with Crippen molar-refractivity contribution < 1.29 is 19.1 Å². The zero-order chi connectivity index (χ0) is 24.5. The number of thioether (sulfide) groups is 1. The van der Waals surface area contributed by atoms with Crippen LogP contribution in [0.5, 0.6) is 5.75 Å². The van der Waals surface area contributed by atoms with E-state index < -0.39 is 5.97 Å². The number of carboxylic acids is 1. The van der Waals surface area contributed by atoms with Crippen LogP contribution in [0.15, 0.2) is 82.4 Å². The van der Waals surface area contributed by atoms with E-state index >= 15 is 0 Å². The summed E-state index contributed by atoms with van der Waals surface area (Å²) in [6.07, 6.45) is 0.108. The van der Waals surface area contributed by atoms with Crippen LogP contribution in [0, 0.1) is 6.92 Å². The third-order valence-electron chi connectivity index (χ3n) is 5.37. The number of carbonyl (C=O) groups is 1. The number of carboxylic acid groups (broad SMARTS) is 1. The molecule has 0 aliphatic rings. The van der Waals surface area contributed by atoms with Crippen LogP contribution in [-0.2, 0) is 23.7 Å². The Labute approximate surface area is 208 Å². The molecule has 180 valence electrons. The van der Waals surface area contributed by atoms with Crippen molar-refractivity contribution in [2.75, 3.05) is 6.54 Å². The van der Waals surface area contributed by atoms with Crippen molar-refractivity contribution in [1.29, 1.82) is 0 Å². The van der Waals surface area contributed by atoms with Gasteiger partial charge >= 0.3 is 5.97 Å². The maximum atomic E-state index is 10.6. The fraction of sp³-hybridized carbons (Fsp3) is 0.222. The summed E-state index contributed by atoms with van der Waals surface area (Å²) in [4.78, 5) is 10.6. The van der Waals surface area contributed by atoms with Crippen molar-refractivity contribution in [3.8, 4) is 16.9 Å². The quantitative estimate of drug-likeness (QED) is 0.199. The summed E-state index contributed by atoms with van der Waals surface area (Å²) in [5.74, 6) is 1.09. The summed E-state index contributed by atoms with van der Waals surface area (Å²) < 4.78 is 11.8. The second-order valence-electron chi connectivity index (χ2n) is 7.97. The molecule has 0 amide bonds. The Morgan fingerprint density at radius 1 is 1.03 bits per heavy atom. The fourth-order valence-electron chi connectivity index (χ4n) is 3.60. The Balaban J connectivity index is 1.29. The predicted molar refractivity (Wildman–Crippen MR) is 135 cm³/mol. The van der Waals surface area contributed by atoms with Gasteiger partial charge in [0.25, 0.3) is 11.1 Å². The van der Waals surface area contributed by atoms with E-state index in [4.69, 9.17) is 14.3 Å². The van der Waals surface area contributed by atoms with Gasteiger partial charge in [-0.1, -0.05) is 78.5 Å². The molecule has 0 fully saturated rings. The Morgan fingerprint density at radius 2 is 1.83 bits per heavy atom. The molecule has 1 heterocycles. The molecule has 7 nitrogen and oxygen atoms in total. The Hall–Kier alpha value is -3.62. The van der Waals surface area contributed by atoms with E-state index in [0.717, 1.165) is 33.6 Å². The van der Waals surface area contributed by atoms with Crippen molar-refractivity contribution in [1.82, 2.24) is 15.5 Å². The number of aromatic nitrogens is 2. The van der Waals surface area contributed by atoms with Crippen LogP contribution >= 0.6 is 11.8 Å². The molecular formula is C27H27N3O4S. The highest BCUT2D eigenvalue weighted by Gasteiger charge is 2.11. The van der Waals surface area contributed by atoms with E-state index in [0.29, 0.717) is 30.0 Å². The molecule has 0 atom stereocenters. The number of ether oxygens (including phenoxy) is 1. The van der Waals surface area contributed by atoms with Crippen LogP contribution in [-0.4, -0.2) is 27.8 Å². The molecule has 3 aromatic carbocycles. The molecule has 35 heavy (non-hydrogen) atoms. The van der Waals surface area contributed by atoms with Crippen molar-refractivity contribution in [3.63, 3.8) is 0 Å². The van der Waals surface area contributed by atoms with Gasteiger partial charge in [0.2, 0.25) is 0 Å². The lowest BCUT2D eigenvalue weighted by Crippen LogP contribution is -2.17. The molecule has 1 aromatic heterocycles. The van der Waals surface area contributed by atoms with Crippen LogP contribution in [0.2, 0.25) is 0 Å². The second-order valence-corrected chi connectivity index (χ2v) is 8.90. The maximum absolute atomic E-state index is 10.6. The number of aliphatic carboxylic acids is 1. The third-order valence-corrected chi connectivity index (χ3v) is 6.26. The zero-order valence-corrected chi connectivity index (χ0v) is 20.3. The standard InChI is InChI=1S/C27H27N3O4S/c1-19-23(22-9-3-2-4-10-22)11-6-12-24(19)33-17-25-29-30-27(34-25)35-18-21-8-5-7-20(15-21)16-28-14-13-26(31)32/h2-12,15,28H,13-14,16-18H2,1H3,(H,31,32). The van der Waals surface area contributed by atoms with E-state index in [1.807, 2.05) is 55.5 Å². The minimum atomic E-state index is -0.803. The van der Waals surface area contributed by atoms with E-state index in [1.54, 1.807) is 0 Å². The van der Waals surface area contributed by atoms with Crippen molar-refractivity contribution >= 4 is 17.7 Å². The summed E-state index contributed by atoms with van der Waals surface area (Å²) >= 11 is 1.47. The van der Waals surface area contributed by atoms with Crippen LogP contribution in [0.3, 0.4) is 0 Å². The summed E-state index contributed by atoms with van der Waals surface area (Å²) in [7, 11) is 0. The first-order valence-corrected chi connectivity index (χ1v) is 12.3. The van der Waals surface area contributed by atoms with Crippen LogP contribution in [0.4, 0.5) is 0 Å². The molecule has 0 bridgehead atoms. The third kappa shape index (κ3) is 7.18. The lowest BCUT2D eigenvalue weighted by atomic mass is 10.00. The second kappa shape index (κ2) is 12.2. The summed E-state index contributed by atoms with van der Waals surface area (Å²) in [5.41, 5.74) is 5.56. The number of hydrogen-bond donors (Lipinski definition) is 2. The number of hydrogen-bond acceptors (Lipinski definition) is 7. The van der Waals surface area contributed by atoms with Gasteiger partial charge < -0.3 is 19.6 Å². The predicted octanol–water partition coefficient (Wildman–Crippen LogP) is 5.48. The zero-order valence-electron chi connectivity index (χ0n) is 19.4. The lowest BCUT2D eigenvalue weighted by Gasteiger charge is -2.11. The number of nitrogens with one attached hydrogen (secondary N) is 1. The van der Waals surface area contributed by atoms with Crippen molar-refractivity contribution in [2.24, 2.45) is 0 Å². The van der Waals surface area contributed by atoms with Crippen molar-refractivity contribution in [3.05, 3.63) is 95.4 Å². The van der Waals surface area contributed by atoms with Gasteiger partial charge in [0.15, 0.2) is 6.61 Å². The molecule has 0 saturated heterocycles. The first kappa shape index (κ1) is 24.5.